The number of ketones is 2. The van der Waals surface area contributed by atoms with Crippen LogP contribution in [0.3, 0.4) is 0 Å². The number of anilines is 3. The summed E-state index contributed by atoms with van der Waals surface area (Å²) in [6, 6.07) is 35.7. The van der Waals surface area contributed by atoms with Crippen LogP contribution in [-0.2, 0) is 0 Å². The van der Waals surface area contributed by atoms with Crippen LogP contribution in [-0.4, -0.2) is 11.6 Å². The van der Waals surface area contributed by atoms with E-state index in [1.807, 2.05) is 78.9 Å². The van der Waals surface area contributed by atoms with Gasteiger partial charge in [0.05, 0.1) is 5.57 Å². The molecule has 5 aromatic rings. The molecule has 4 heteroatoms. The quantitative estimate of drug-likeness (QED) is 0.204. The first kappa shape index (κ1) is 20.3. The van der Waals surface area contributed by atoms with Crippen molar-refractivity contribution in [2.45, 2.75) is 0 Å². The molecule has 3 nitrogen and oxygen atoms in total. The summed E-state index contributed by atoms with van der Waals surface area (Å²) in [4.78, 5) is 29.5. The van der Waals surface area contributed by atoms with Gasteiger partial charge in [-0.15, -0.1) is 11.3 Å². The van der Waals surface area contributed by atoms with Crippen LogP contribution in [0.4, 0.5) is 16.4 Å². The number of thiophene rings is 1. The Balaban J connectivity index is 1.41. The van der Waals surface area contributed by atoms with Crippen LogP contribution in [0.25, 0.3) is 16.8 Å². The molecule has 6 rings (SSSR count). The highest BCUT2D eigenvalue weighted by atomic mass is 32.1. The number of benzene rings is 4. The number of nitrogens with zero attached hydrogens (tertiary/aromatic N) is 1. The van der Waals surface area contributed by atoms with Crippen molar-refractivity contribution in [1.82, 2.24) is 0 Å². The van der Waals surface area contributed by atoms with Crippen molar-refractivity contribution < 1.29 is 9.59 Å². The number of hydrogen-bond donors (Lipinski definition) is 0. The number of para-hydroxylation sites is 2. The second-order valence-corrected chi connectivity index (χ2v) is 9.20. The molecule has 0 saturated heterocycles. The molecule has 0 unspecified atom stereocenters. The molecule has 0 radical (unpaired) electrons. The summed E-state index contributed by atoms with van der Waals surface area (Å²) in [5, 5.41) is 2.79. The lowest BCUT2D eigenvalue weighted by atomic mass is 10.0. The predicted molar refractivity (Wildman–Crippen MR) is 140 cm³/mol. The summed E-state index contributed by atoms with van der Waals surface area (Å²) >= 11 is 1.55. The van der Waals surface area contributed by atoms with Crippen LogP contribution >= 0.6 is 11.3 Å². The third-order valence-electron chi connectivity index (χ3n) is 6.04. The predicted octanol–water partition coefficient (Wildman–Crippen LogP) is 7.83. The minimum atomic E-state index is -0.205. The molecule has 162 valence electrons. The van der Waals surface area contributed by atoms with E-state index in [4.69, 9.17) is 0 Å². The summed E-state index contributed by atoms with van der Waals surface area (Å²) in [6.07, 6.45) is 1.74. The van der Waals surface area contributed by atoms with Crippen molar-refractivity contribution in [1.29, 1.82) is 0 Å². The summed E-state index contributed by atoms with van der Waals surface area (Å²) in [7, 11) is 0. The van der Waals surface area contributed by atoms with E-state index in [1.165, 1.54) is 0 Å². The van der Waals surface area contributed by atoms with E-state index in [-0.39, 0.29) is 17.1 Å². The molecule has 0 amide bonds. The van der Waals surface area contributed by atoms with Gasteiger partial charge in [-0.1, -0.05) is 66.7 Å². The fourth-order valence-corrected chi connectivity index (χ4v) is 5.45. The molecular weight excluding hydrogens is 438 g/mol. The Bertz CT molecular complexity index is 1540. The zero-order valence-corrected chi connectivity index (χ0v) is 19.0. The minimum Gasteiger partial charge on any atom is -0.302 e. The van der Waals surface area contributed by atoms with E-state index in [1.54, 1.807) is 23.5 Å². The van der Waals surface area contributed by atoms with Gasteiger partial charge in [-0.2, -0.15) is 0 Å². The van der Waals surface area contributed by atoms with Crippen molar-refractivity contribution >= 4 is 56.1 Å². The lowest BCUT2D eigenvalue weighted by Gasteiger charge is -2.23. The maximum Gasteiger partial charge on any atom is 0.198 e. The third-order valence-corrected chi connectivity index (χ3v) is 7.06. The van der Waals surface area contributed by atoms with E-state index in [0.717, 1.165) is 32.0 Å². The normalized spacial score (nSPS) is 14.1. The summed E-state index contributed by atoms with van der Waals surface area (Å²) in [6.45, 7) is 0. The average Bonchev–Trinajstić information content (AvgIpc) is 3.44. The molecule has 34 heavy (non-hydrogen) atoms. The second kappa shape index (κ2) is 8.25. The van der Waals surface area contributed by atoms with Gasteiger partial charge in [0.2, 0.25) is 0 Å². The molecule has 0 N–H and O–H groups in total. The van der Waals surface area contributed by atoms with Gasteiger partial charge in [0, 0.05) is 27.4 Å². The maximum absolute atomic E-state index is 13.3. The molecule has 0 aliphatic heterocycles. The molecule has 1 aliphatic rings. The molecule has 0 atom stereocenters. The summed E-state index contributed by atoms with van der Waals surface area (Å²) in [5.74, 6) is -0.404. The first-order valence-electron chi connectivity index (χ1n) is 11.0. The Labute approximate surface area is 201 Å². The van der Waals surface area contributed by atoms with Crippen LogP contribution in [0.1, 0.15) is 25.6 Å². The largest absolute Gasteiger partial charge is 0.302 e. The van der Waals surface area contributed by atoms with Crippen LogP contribution in [0.5, 0.6) is 0 Å². The molecule has 0 saturated carbocycles. The van der Waals surface area contributed by atoms with Crippen molar-refractivity contribution in [3.63, 3.8) is 0 Å². The van der Waals surface area contributed by atoms with Crippen molar-refractivity contribution in [3.8, 4) is 0 Å². The van der Waals surface area contributed by atoms with Gasteiger partial charge in [0.1, 0.15) is 5.00 Å². The molecule has 4 aromatic carbocycles. The smallest absolute Gasteiger partial charge is 0.198 e. The zero-order valence-electron chi connectivity index (χ0n) is 18.1. The fraction of sp³-hybridized carbons (Fsp3) is 0. The van der Waals surface area contributed by atoms with Crippen molar-refractivity contribution in [2.75, 3.05) is 4.90 Å². The molecule has 1 aliphatic carbocycles. The monoisotopic (exact) mass is 457 g/mol. The van der Waals surface area contributed by atoms with Gasteiger partial charge in [-0.3, -0.25) is 9.59 Å². The number of hydrogen-bond acceptors (Lipinski definition) is 4. The Hall–Kier alpha value is -4.28. The van der Waals surface area contributed by atoms with E-state index in [9.17, 15) is 9.59 Å². The van der Waals surface area contributed by atoms with Gasteiger partial charge in [0.15, 0.2) is 11.6 Å². The van der Waals surface area contributed by atoms with Crippen LogP contribution in [0, 0.1) is 0 Å². The molecule has 0 fully saturated rings. The zero-order chi connectivity index (χ0) is 23.1. The first-order chi connectivity index (χ1) is 16.7. The van der Waals surface area contributed by atoms with Crippen LogP contribution < -0.4 is 4.90 Å². The van der Waals surface area contributed by atoms with Crippen molar-refractivity contribution in [2.24, 2.45) is 0 Å². The minimum absolute atomic E-state index is 0.199. The van der Waals surface area contributed by atoms with Crippen LogP contribution in [0.2, 0.25) is 0 Å². The number of rotatable bonds is 4. The number of carbonyl (C=O) groups excluding carboxylic acids is 2. The number of allylic oxidation sites excluding steroid dienone is 1. The van der Waals surface area contributed by atoms with Gasteiger partial charge in [0.25, 0.3) is 0 Å². The highest BCUT2D eigenvalue weighted by Gasteiger charge is 2.34. The van der Waals surface area contributed by atoms with E-state index in [2.05, 4.69) is 29.2 Å². The third kappa shape index (κ3) is 3.36. The standard InChI is InChI=1S/C30H19NO2S/c32-29-25-17-15-20-9-7-8-14-24(20)28(25)30(33)26(29)19-23-16-18-27(34-23)31(21-10-3-1-4-11-21)22-12-5-2-6-13-22/h1-19H/b26-19-. The number of carbonyl (C=O) groups is 2. The lowest BCUT2D eigenvalue weighted by Crippen LogP contribution is -2.07. The Morgan fingerprint density at radius 2 is 1.26 bits per heavy atom. The molecule has 0 bridgehead atoms. The summed E-state index contributed by atoms with van der Waals surface area (Å²) < 4.78 is 0. The lowest BCUT2D eigenvalue weighted by molar-refractivity contribution is 0.0991. The van der Waals surface area contributed by atoms with E-state index in [0.29, 0.717) is 11.1 Å². The topological polar surface area (TPSA) is 37.4 Å². The molecule has 0 spiro atoms. The Morgan fingerprint density at radius 3 is 1.97 bits per heavy atom. The molecule has 1 aromatic heterocycles. The van der Waals surface area contributed by atoms with Gasteiger partial charge >= 0.3 is 0 Å². The van der Waals surface area contributed by atoms with E-state index >= 15 is 0 Å². The Morgan fingerprint density at radius 1 is 0.618 bits per heavy atom. The number of Topliss-reactive ketones (excluding diaryl/α,β-unsaturated/α-hetero) is 2. The first-order valence-corrected chi connectivity index (χ1v) is 11.9. The molecule has 1 heterocycles. The SMILES string of the molecule is O=C1/C(=C/c2ccc(N(c3ccccc3)c3ccccc3)s2)C(=O)c2c1ccc1ccccc21. The highest BCUT2D eigenvalue weighted by molar-refractivity contribution is 7.17. The second-order valence-electron chi connectivity index (χ2n) is 8.11. The van der Waals surface area contributed by atoms with Gasteiger partial charge in [-0.05, 0) is 59.3 Å². The van der Waals surface area contributed by atoms with Crippen LogP contribution in [0.15, 0.2) is 115 Å². The average molecular weight is 458 g/mol. The van der Waals surface area contributed by atoms with Gasteiger partial charge in [-0.25, -0.2) is 0 Å². The van der Waals surface area contributed by atoms with Gasteiger partial charge < -0.3 is 4.90 Å². The van der Waals surface area contributed by atoms with Crippen molar-refractivity contribution in [3.05, 3.63) is 131 Å². The highest BCUT2D eigenvalue weighted by Crippen LogP contribution is 2.40. The number of fused-ring (bicyclic) bond motifs is 3. The Kier molecular flexibility index (Phi) is 4.93. The van der Waals surface area contributed by atoms with E-state index < -0.39 is 0 Å². The summed E-state index contributed by atoms with van der Waals surface area (Å²) in [5.41, 5.74) is 3.32. The molecular formula is C30H19NO2S. The maximum atomic E-state index is 13.3. The fourth-order valence-electron chi connectivity index (χ4n) is 4.46.